The van der Waals surface area contributed by atoms with Gasteiger partial charge in [-0.05, 0) is 76.4 Å². The number of anilines is 2. The van der Waals surface area contributed by atoms with Crippen molar-refractivity contribution in [3.05, 3.63) is 225 Å². The summed E-state index contributed by atoms with van der Waals surface area (Å²) in [5, 5.41) is 2.41. The molecule has 10 rings (SSSR count). The second kappa shape index (κ2) is 14.6. The average Bonchev–Trinajstić information content (AvgIpc) is 3.65. The molecule has 3 heteroatoms. The first-order chi connectivity index (χ1) is 28.2. The quantitative estimate of drug-likeness (QED) is 0.170. The van der Waals surface area contributed by atoms with Crippen molar-refractivity contribution in [3.63, 3.8) is 0 Å². The highest BCUT2D eigenvalue weighted by atomic mass is 15.1. The van der Waals surface area contributed by atoms with Crippen molar-refractivity contribution < 1.29 is 0 Å². The van der Waals surface area contributed by atoms with E-state index in [9.17, 15) is 0 Å². The molecule has 3 nitrogen and oxygen atoms in total. The summed E-state index contributed by atoms with van der Waals surface area (Å²) in [7, 11) is 0. The van der Waals surface area contributed by atoms with E-state index in [0.29, 0.717) is 0 Å². The Bertz CT molecular complexity index is 2930. The summed E-state index contributed by atoms with van der Waals surface area (Å²) >= 11 is 0. The normalized spacial score (nSPS) is 13.8. The van der Waals surface area contributed by atoms with Crippen LogP contribution in [0.15, 0.2) is 219 Å². The molecule has 0 bridgehead atoms. The number of benzene rings is 7. The Morgan fingerprint density at radius 3 is 1.77 bits per heavy atom. The Balaban J connectivity index is 1.13. The van der Waals surface area contributed by atoms with Gasteiger partial charge in [0.2, 0.25) is 0 Å². The number of nitrogens with zero attached hydrogens (tertiary/aromatic N) is 3. The van der Waals surface area contributed by atoms with Crippen LogP contribution in [0.3, 0.4) is 0 Å². The summed E-state index contributed by atoms with van der Waals surface area (Å²) in [4.78, 5) is 7.58. The third-order valence-corrected chi connectivity index (χ3v) is 10.9. The summed E-state index contributed by atoms with van der Waals surface area (Å²) in [5.74, 6) is 0. The van der Waals surface area contributed by atoms with Crippen molar-refractivity contribution in [2.75, 3.05) is 11.4 Å². The highest BCUT2D eigenvalue weighted by molar-refractivity contribution is 6.10. The predicted octanol–water partition coefficient (Wildman–Crippen LogP) is 14.1. The molecule has 1 aliphatic rings. The van der Waals surface area contributed by atoms with E-state index in [0.717, 1.165) is 79.4 Å². The van der Waals surface area contributed by atoms with Gasteiger partial charge >= 0.3 is 0 Å². The van der Waals surface area contributed by atoms with Crippen molar-refractivity contribution in [2.24, 2.45) is 0 Å². The van der Waals surface area contributed by atoms with Crippen molar-refractivity contribution in [2.45, 2.75) is 0 Å². The molecule has 0 unspecified atom stereocenters. The lowest BCUT2D eigenvalue weighted by Gasteiger charge is -2.27. The van der Waals surface area contributed by atoms with Crippen molar-refractivity contribution in [1.82, 2.24) is 9.55 Å². The molecule has 9 aromatic rings. The standard InChI is InChI=1S/C54H39N3/c1-38-17-6-5-15-32-56(45-25-16-24-42(33-45)39-18-7-2-8-19-39)54-35-44(28-30-47(38)54)43-29-31-53-49(34-43)48-26-13-14-27-52(48)57(53)46-36-50(40-20-9-3-10-21-40)55-51(37-46)41-22-11-4-12-23-41/h2-31,33-37H,1,32H2/b15-5-,17-6-. The zero-order valence-corrected chi connectivity index (χ0v) is 31.5. The molecule has 0 atom stereocenters. The van der Waals surface area contributed by atoms with Gasteiger partial charge in [-0.1, -0.05) is 170 Å². The molecule has 0 fully saturated rings. The lowest BCUT2D eigenvalue weighted by molar-refractivity contribution is 1.09. The van der Waals surface area contributed by atoms with Gasteiger partial charge in [0.05, 0.1) is 28.1 Å². The smallest absolute Gasteiger partial charge is 0.0730 e. The summed E-state index contributed by atoms with van der Waals surface area (Å²) < 4.78 is 2.39. The van der Waals surface area contributed by atoms with Crippen LogP contribution in [-0.4, -0.2) is 16.1 Å². The number of allylic oxidation sites excluding steroid dienone is 4. The fourth-order valence-electron chi connectivity index (χ4n) is 8.13. The van der Waals surface area contributed by atoms with Crippen molar-refractivity contribution in [1.29, 1.82) is 0 Å². The van der Waals surface area contributed by atoms with Crippen molar-refractivity contribution in [3.8, 4) is 50.5 Å². The zero-order valence-electron chi connectivity index (χ0n) is 31.5. The van der Waals surface area contributed by atoms with E-state index >= 15 is 0 Å². The molecule has 0 spiro atoms. The van der Waals surface area contributed by atoms with Gasteiger partial charge in [0.1, 0.15) is 0 Å². The van der Waals surface area contributed by atoms with Gasteiger partial charge in [-0.15, -0.1) is 0 Å². The van der Waals surface area contributed by atoms with E-state index in [-0.39, 0.29) is 0 Å². The maximum absolute atomic E-state index is 5.17. The molecule has 0 N–H and O–H groups in total. The molecule has 270 valence electrons. The van der Waals surface area contributed by atoms with Gasteiger partial charge in [-0.3, -0.25) is 0 Å². The summed E-state index contributed by atoms with van der Waals surface area (Å²) in [5.41, 5.74) is 16.5. The largest absolute Gasteiger partial charge is 0.337 e. The Kier molecular flexibility index (Phi) is 8.74. The average molecular weight is 730 g/mol. The monoisotopic (exact) mass is 729 g/mol. The summed E-state index contributed by atoms with van der Waals surface area (Å²) in [6.07, 6.45) is 8.52. The number of fused-ring (bicyclic) bond motifs is 4. The fourth-order valence-corrected chi connectivity index (χ4v) is 8.13. The van der Waals surface area contributed by atoms with E-state index in [2.05, 4.69) is 216 Å². The highest BCUT2D eigenvalue weighted by Crippen LogP contribution is 2.41. The number of para-hydroxylation sites is 1. The molecule has 0 saturated heterocycles. The number of rotatable bonds is 6. The van der Waals surface area contributed by atoms with Crippen molar-refractivity contribution >= 4 is 38.8 Å². The van der Waals surface area contributed by atoms with E-state index in [1.807, 2.05) is 12.1 Å². The Morgan fingerprint density at radius 2 is 1.04 bits per heavy atom. The van der Waals surface area contributed by atoms with Crippen LogP contribution in [-0.2, 0) is 0 Å². The van der Waals surface area contributed by atoms with Crippen LogP contribution >= 0.6 is 0 Å². The van der Waals surface area contributed by atoms with Gasteiger partial charge in [0.15, 0.2) is 0 Å². The van der Waals surface area contributed by atoms with Crippen LogP contribution in [0.5, 0.6) is 0 Å². The van der Waals surface area contributed by atoms with Gasteiger partial charge < -0.3 is 9.47 Å². The predicted molar refractivity (Wildman–Crippen MR) is 241 cm³/mol. The number of hydrogen-bond acceptors (Lipinski definition) is 2. The zero-order chi connectivity index (χ0) is 38.1. The maximum atomic E-state index is 5.17. The van der Waals surface area contributed by atoms with E-state index < -0.39 is 0 Å². The molecular formula is C54H39N3. The van der Waals surface area contributed by atoms with Crippen LogP contribution in [0.4, 0.5) is 11.4 Å². The second-order valence-corrected chi connectivity index (χ2v) is 14.5. The summed E-state index contributed by atoms with van der Waals surface area (Å²) in [6.45, 7) is 5.22. The minimum atomic E-state index is 0.723. The SMILES string of the molecule is C=C1/C=C\C=C/CN(c2cccc(-c3ccccc3)c2)c2cc(-c3ccc4c(c3)c3ccccc3n4-c3cc(-c4ccccc4)nc(-c4ccccc4)c3)ccc21. The van der Waals surface area contributed by atoms with Gasteiger partial charge in [-0.2, -0.15) is 0 Å². The Hall–Kier alpha value is -7.49. The molecule has 57 heavy (non-hydrogen) atoms. The van der Waals surface area contributed by atoms with Gasteiger partial charge in [-0.25, -0.2) is 4.98 Å². The molecule has 2 aromatic heterocycles. The van der Waals surface area contributed by atoms with Crippen LogP contribution in [0.25, 0.3) is 77.8 Å². The molecule has 3 heterocycles. The third-order valence-electron chi connectivity index (χ3n) is 10.9. The number of aromatic nitrogens is 2. The van der Waals surface area contributed by atoms with Crippen LogP contribution in [0.2, 0.25) is 0 Å². The fraction of sp³-hybridized carbons (Fsp3) is 0.0185. The van der Waals surface area contributed by atoms with Crippen LogP contribution in [0, 0.1) is 0 Å². The van der Waals surface area contributed by atoms with E-state index in [1.165, 1.54) is 21.9 Å². The summed E-state index contributed by atoms with van der Waals surface area (Å²) in [6, 6.07) is 67.2. The van der Waals surface area contributed by atoms with E-state index in [4.69, 9.17) is 4.98 Å². The topological polar surface area (TPSA) is 21.1 Å². The molecule has 1 aliphatic heterocycles. The second-order valence-electron chi connectivity index (χ2n) is 14.5. The molecule has 0 radical (unpaired) electrons. The first kappa shape index (κ1) is 34.0. The first-order valence-electron chi connectivity index (χ1n) is 19.4. The lowest BCUT2D eigenvalue weighted by Crippen LogP contribution is -2.18. The first-order valence-corrected chi connectivity index (χ1v) is 19.4. The maximum Gasteiger partial charge on any atom is 0.0730 e. The minimum absolute atomic E-state index is 0.723. The molecule has 0 aliphatic carbocycles. The number of hydrogen-bond donors (Lipinski definition) is 0. The molecular weight excluding hydrogens is 691 g/mol. The molecule has 7 aromatic carbocycles. The van der Waals surface area contributed by atoms with Crippen LogP contribution in [0.1, 0.15) is 5.56 Å². The lowest BCUT2D eigenvalue weighted by atomic mass is 9.96. The number of pyridine rings is 1. The third kappa shape index (κ3) is 6.45. The molecule has 0 saturated carbocycles. The van der Waals surface area contributed by atoms with Crippen LogP contribution < -0.4 is 4.90 Å². The van der Waals surface area contributed by atoms with Gasteiger partial charge in [0, 0.05) is 45.4 Å². The van der Waals surface area contributed by atoms with E-state index in [1.54, 1.807) is 0 Å². The molecule has 0 amide bonds. The van der Waals surface area contributed by atoms with Gasteiger partial charge in [0.25, 0.3) is 0 Å². The highest BCUT2D eigenvalue weighted by Gasteiger charge is 2.19. The Morgan fingerprint density at radius 1 is 0.439 bits per heavy atom. The Labute approximate surface area is 333 Å². The minimum Gasteiger partial charge on any atom is -0.337 e.